The zero-order valence-corrected chi connectivity index (χ0v) is 9.47. The van der Waals surface area contributed by atoms with Crippen molar-refractivity contribution in [2.24, 2.45) is 17.1 Å². The molecule has 1 aliphatic carbocycles. The average molecular weight is 198 g/mol. The van der Waals surface area contributed by atoms with E-state index in [0.29, 0.717) is 12.0 Å². The predicted molar refractivity (Wildman–Crippen MR) is 57.8 cm³/mol. The second kappa shape index (κ2) is 4.30. The topological polar surface area (TPSA) is 55.1 Å². The lowest BCUT2D eigenvalue weighted by Gasteiger charge is -2.33. The molecular formula is C11H22N2O. The summed E-state index contributed by atoms with van der Waals surface area (Å²) in [7, 11) is 0. The maximum absolute atomic E-state index is 11.7. The molecule has 0 bridgehead atoms. The normalized spacial score (nSPS) is 26.9. The highest BCUT2D eigenvalue weighted by Gasteiger charge is 2.29. The molecule has 0 radical (unpaired) electrons. The Morgan fingerprint density at radius 3 is 2.50 bits per heavy atom. The minimum absolute atomic E-state index is 0.167. The monoisotopic (exact) mass is 198 g/mol. The highest BCUT2D eigenvalue weighted by Crippen LogP contribution is 2.25. The SMILES string of the molecule is CCC(C)(C)C(=O)NCC1CC(N)C1. The van der Waals surface area contributed by atoms with E-state index < -0.39 is 0 Å². The number of carbonyl (C=O) groups is 1. The van der Waals surface area contributed by atoms with Crippen LogP contribution in [0.3, 0.4) is 0 Å². The van der Waals surface area contributed by atoms with Crippen LogP contribution in [0.2, 0.25) is 0 Å². The number of hydrogen-bond acceptors (Lipinski definition) is 2. The van der Waals surface area contributed by atoms with Crippen molar-refractivity contribution in [1.29, 1.82) is 0 Å². The summed E-state index contributed by atoms with van der Waals surface area (Å²) in [6, 6.07) is 0.371. The van der Waals surface area contributed by atoms with Crippen molar-refractivity contribution in [2.75, 3.05) is 6.54 Å². The molecule has 0 aliphatic heterocycles. The van der Waals surface area contributed by atoms with Crippen LogP contribution < -0.4 is 11.1 Å². The van der Waals surface area contributed by atoms with Gasteiger partial charge in [-0.3, -0.25) is 4.79 Å². The van der Waals surface area contributed by atoms with Crippen molar-refractivity contribution < 1.29 is 4.79 Å². The average Bonchev–Trinajstić information content (AvgIpc) is 2.10. The van der Waals surface area contributed by atoms with Gasteiger partial charge in [-0.05, 0) is 25.2 Å². The molecule has 0 unspecified atom stereocenters. The summed E-state index contributed by atoms with van der Waals surface area (Å²) in [5.41, 5.74) is 5.44. The molecule has 1 saturated carbocycles. The number of rotatable bonds is 4. The van der Waals surface area contributed by atoms with E-state index in [1.807, 2.05) is 20.8 Å². The molecular weight excluding hydrogens is 176 g/mol. The molecule has 82 valence electrons. The van der Waals surface area contributed by atoms with E-state index >= 15 is 0 Å². The van der Waals surface area contributed by atoms with E-state index in [2.05, 4.69) is 5.32 Å². The van der Waals surface area contributed by atoms with Gasteiger partial charge in [-0.25, -0.2) is 0 Å². The van der Waals surface area contributed by atoms with Gasteiger partial charge in [0.05, 0.1) is 0 Å². The summed E-state index contributed by atoms with van der Waals surface area (Å²) in [5.74, 6) is 0.780. The van der Waals surface area contributed by atoms with Gasteiger partial charge >= 0.3 is 0 Å². The number of carbonyl (C=O) groups excluding carboxylic acids is 1. The van der Waals surface area contributed by atoms with Gasteiger partial charge in [0.25, 0.3) is 0 Å². The van der Waals surface area contributed by atoms with Gasteiger partial charge in [0.15, 0.2) is 0 Å². The Balaban J connectivity index is 2.21. The van der Waals surface area contributed by atoms with E-state index in [-0.39, 0.29) is 11.3 Å². The second-order valence-corrected chi connectivity index (χ2v) is 5.04. The molecule has 1 fully saturated rings. The van der Waals surface area contributed by atoms with Crippen LogP contribution in [0.4, 0.5) is 0 Å². The second-order valence-electron chi connectivity index (χ2n) is 5.04. The Kier molecular flexibility index (Phi) is 3.53. The number of amides is 1. The van der Waals surface area contributed by atoms with Gasteiger partial charge in [0.2, 0.25) is 5.91 Å². The molecule has 1 rings (SSSR count). The minimum Gasteiger partial charge on any atom is -0.355 e. The van der Waals surface area contributed by atoms with E-state index in [1.165, 1.54) is 0 Å². The maximum atomic E-state index is 11.7. The summed E-state index contributed by atoms with van der Waals surface area (Å²) >= 11 is 0. The Morgan fingerprint density at radius 2 is 2.07 bits per heavy atom. The summed E-state index contributed by atoms with van der Waals surface area (Å²) in [4.78, 5) is 11.7. The molecule has 1 aliphatic rings. The number of nitrogens with two attached hydrogens (primary N) is 1. The molecule has 0 atom stereocenters. The highest BCUT2D eigenvalue weighted by atomic mass is 16.2. The van der Waals surface area contributed by atoms with Gasteiger partial charge in [0, 0.05) is 18.0 Å². The van der Waals surface area contributed by atoms with E-state index in [4.69, 9.17) is 5.73 Å². The first-order valence-electron chi connectivity index (χ1n) is 5.49. The van der Waals surface area contributed by atoms with Gasteiger partial charge in [-0.1, -0.05) is 20.8 Å². The van der Waals surface area contributed by atoms with E-state index in [9.17, 15) is 4.79 Å². The van der Waals surface area contributed by atoms with Gasteiger partial charge in [0.1, 0.15) is 0 Å². The van der Waals surface area contributed by atoms with Crippen LogP contribution in [0, 0.1) is 11.3 Å². The van der Waals surface area contributed by atoms with Crippen molar-refractivity contribution in [3.63, 3.8) is 0 Å². The fourth-order valence-corrected chi connectivity index (χ4v) is 1.59. The lowest BCUT2D eigenvalue weighted by atomic mass is 9.80. The van der Waals surface area contributed by atoms with Gasteiger partial charge in [-0.2, -0.15) is 0 Å². The molecule has 3 heteroatoms. The third-order valence-corrected chi connectivity index (χ3v) is 3.32. The van der Waals surface area contributed by atoms with Crippen molar-refractivity contribution >= 4 is 5.91 Å². The molecule has 0 aromatic rings. The van der Waals surface area contributed by atoms with E-state index in [0.717, 1.165) is 25.8 Å². The molecule has 0 aromatic heterocycles. The lowest BCUT2D eigenvalue weighted by molar-refractivity contribution is -0.129. The number of hydrogen-bond donors (Lipinski definition) is 2. The zero-order valence-electron chi connectivity index (χ0n) is 9.47. The molecule has 3 N–H and O–H groups in total. The lowest BCUT2D eigenvalue weighted by Crippen LogP contribution is -2.45. The van der Waals surface area contributed by atoms with Crippen LogP contribution in [0.15, 0.2) is 0 Å². The standard InChI is InChI=1S/C11H22N2O/c1-4-11(2,3)10(14)13-7-8-5-9(12)6-8/h8-9H,4-7,12H2,1-3H3,(H,13,14). The van der Waals surface area contributed by atoms with Crippen LogP contribution in [0.1, 0.15) is 40.0 Å². The van der Waals surface area contributed by atoms with Gasteiger partial charge < -0.3 is 11.1 Å². The summed E-state index contributed by atoms with van der Waals surface area (Å²) in [6.45, 7) is 6.80. The molecule has 1 amide bonds. The Bertz CT molecular complexity index is 207. The smallest absolute Gasteiger partial charge is 0.225 e. The molecule has 0 heterocycles. The Labute approximate surface area is 86.4 Å². The largest absolute Gasteiger partial charge is 0.355 e. The highest BCUT2D eigenvalue weighted by molar-refractivity contribution is 5.81. The van der Waals surface area contributed by atoms with Crippen LogP contribution in [0.25, 0.3) is 0 Å². The van der Waals surface area contributed by atoms with Crippen LogP contribution in [0.5, 0.6) is 0 Å². The van der Waals surface area contributed by atoms with Crippen LogP contribution >= 0.6 is 0 Å². The van der Waals surface area contributed by atoms with Crippen molar-refractivity contribution in [1.82, 2.24) is 5.32 Å². The fraction of sp³-hybridized carbons (Fsp3) is 0.909. The first-order valence-corrected chi connectivity index (χ1v) is 5.49. The Hall–Kier alpha value is -0.570. The Morgan fingerprint density at radius 1 is 1.50 bits per heavy atom. The predicted octanol–water partition coefficient (Wildman–Crippen LogP) is 1.28. The molecule has 0 spiro atoms. The minimum atomic E-state index is -0.230. The quantitative estimate of drug-likeness (QED) is 0.715. The van der Waals surface area contributed by atoms with Crippen molar-refractivity contribution in [2.45, 2.75) is 46.1 Å². The number of nitrogens with one attached hydrogen (secondary N) is 1. The first-order chi connectivity index (χ1) is 6.45. The van der Waals surface area contributed by atoms with Crippen LogP contribution in [-0.2, 0) is 4.79 Å². The summed E-state index contributed by atoms with van der Waals surface area (Å²) in [6.07, 6.45) is 3.00. The zero-order chi connectivity index (χ0) is 10.8. The molecule has 0 saturated heterocycles. The van der Waals surface area contributed by atoms with E-state index in [1.54, 1.807) is 0 Å². The van der Waals surface area contributed by atoms with Crippen molar-refractivity contribution in [3.05, 3.63) is 0 Å². The van der Waals surface area contributed by atoms with Crippen molar-refractivity contribution in [3.8, 4) is 0 Å². The van der Waals surface area contributed by atoms with Crippen LogP contribution in [-0.4, -0.2) is 18.5 Å². The molecule has 14 heavy (non-hydrogen) atoms. The summed E-state index contributed by atoms with van der Waals surface area (Å²) < 4.78 is 0. The third kappa shape index (κ3) is 2.71. The first kappa shape index (κ1) is 11.5. The maximum Gasteiger partial charge on any atom is 0.225 e. The van der Waals surface area contributed by atoms with Gasteiger partial charge in [-0.15, -0.1) is 0 Å². The summed E-state index contributed by atoms with van der Waals surface area (Å²) in [5, 5.41) is 3.00. The molecule has 0 aromatic carbocycles. The third-order valence-electron chi connectivity index (χ3n) is 3.32. The fourth-order valence-electron chi connectivity index (χ4n) is 1.59. The molecule has 3 nitrogen and oxygen atoms in total.